The molecule has 6 heteroatoms. The third-order valence-electron chi connectivity index (χ3n) is 2.06. The van der Waals surface area contributed by atoms with Crippen LogP contribution < -0.4 is 5.31 Å². The molecule has 14 heavy (non-hydrogen) atoms. The van der Waals surface area contributed by atoms with Gasteiger partial charge in [-0.2, -0.15) is 0 Å². The molecule has 0 bridgehead atoms. The van der Waals surface area contributed by atoms with Crippen LogP contribution >= 0.6 is 0 Å². The fraction of sp³-hybridized carbons (Fsp3) is 0.500. The van der Waals surface area contributed by atoms with E-state index in [1.165, 1.54) is 0 Å². The second-order valence-corrected chi connectivity index (χ2v) is 2.86. The Labute approximate surface area is 85.8 Å². The molecule has 1 amide bonds. The van der Waals surface area contributed by atoms with Crippen molar-refractivity contribution in [3.63, 3.8) is 0 Å². The Bertz CT molecular complexity index is 401. The SMILES string of the molecule is [2H]OCC1=C(CO[2H])C(O[2H])(C(C)=O)N([2H])C1=O. The van der Waals surface area contributed by atoms with Gasteiger partial charge in [-0.25, -0.2) is 0 Å². The zero-order valence-corrected chi connectivity index (χ0v) is 7.40. The van der Waals surface area contributed by atoms with Crippen molar-refractivity contribution in [2.45, 2.75) is 12.6 Å². The van der Waals surface area contributed by atoms with Gasteiger partial charge in [0.15, 0.2) is 7.20 Å². The zero-order chi connectivity index (χ0) is 13.9. The summed E-state index contributed by atoms with van der Waals surface area (Å²) in [6.07, 6.45) is 0. The highest BCUT2D eigenvalue weighted by Crippen LogP contribution is 2.25. The van der Waals surface area contributed by atoms with Crippen molar-refractivity contribution in [1.82, 2.24) is 5.31 Å². The van der Waals surface area contributed by atoms with E-state index in [0.717, 1.165) is 6.92 Å². The Hall–Kier alpha value is -1.24. The van der Waals surface area contributed by atoms with Gasteiger partial charge >= 0.3 is 0 Å². The van der Waals surface area contributed by atoms with Gasteiger partial charge in [-0.15, -0.1) is 0 Å². The van der Waals surface area contributed by atoms with Gasteiger partial charge in [0.1, 0.15) is 0 Å². The predicted molar refractivity (Wildman–Crippen MR) is 45.0 cm³/mol. The van der Waals surface area contributed by atoms with E-state index in [9.17, 15) is 9.59 Å². The molecule has 0 aromatic carbocycles. The normalized spacial score (nSPS) is 31.2. The Morgan fingerprint density at radius 2 is 2.36 bits per heavy atom. The fourth-order valence-electron chi connectivity index (χ4n) is 1.24. The maximum absolute atomic E-state index is 11.7. The molecule has 0 radical (unpaired) electrons. The number of nitrogens with one attached hydrogen (secondary N) is 1. The quantitative estimate of drug-likeness (QED) is 0.389. The molecule has 0 spiro atoms. The van der Waals surface area contributed by atoms with Crippen molar-refractivity contribution in [3.05, 3.63) is 11.1 Å². The summed E-state index contributed by atoms with van der Waals surface area (Å²) in [5, 5.41) is 12.6. The zero-order valence-electron chi connectivity index (χ0n) is 11.4. The van der Waals surface area contributed by atoms with Gasteiger partial charge in [-0.1, -0.05) is 0 Å². The maximum atomic E-state index is 11.7. The molecular formula is C8H11NO5. The highest BCUT2D eigenvalue weighted by molar-refractivity contribution is 6.05. The largest absolute Gasteiger partial charge is 0.392 e. The Balaban J connectivity index is 3.39. The average Bonchev–Trinajstić information content (AvgIpc) is 2.53. The Morgan fingerprint density at radius 3 is 2.86 bits per heavy atom. The predicted octanol–water partition coefficient (Wildman–Crippen LogP) is -2.32. The summed E-state index contributed by atoms with van der Waals surface area (Å²) in [4.78, 5) is 23.3. The van der Waals surface area contributed by atoms with Crippen LogP contribution in [0.5, 0.6) is 0 Å². The highest BCUT2D eigenvalue weighted by atomic mass is 16.3. The monoisotopic (exact) mass is 205 g/mol. The van der Waals surface area contributed by atoms with E-state index < -0.39 is 30.6 Å². The van der Waals surface area contributed by atoms with Crippen LogP contribution in [-0.4, -0.2) is 50.2 Å². The third kappa shape index (κ3) is 1.33. The van der Waals surface area contributed by atoms with Crippen LogP contribution in [0.25, 0.3) is 0 Å². The number of ketones is 1. The van der Waals surface area contributed by atoms with Gasteiger partial charge in [0, 0.05) is 11.1 Å². The lowest BCUT2D eigenvalue weighted by Crippen LogP contribution is -2.51. The molecule has 0 aromatic heterocycles. The average molecular weight is 205 g/mol. The molecule has 0 aliphatic carbocycles. The molecule has 1 rings (SSSR count). The summed E-state index contributed by atoms with van der Waals surface area (Å²) in [6.45, 7) is 0.0291. The molecule has 1 aliphatic rings. The van der Waals surface area contributed by atoms with Crippen LogP contribution in [0.15, 0.2) is 11.1 Å². The second-order valence-electron chi connectivity index (χ2n) is 2.86. The van der Waals surface area contributed by atoms with E-state index >= 15 is 0 Å². The van der Waals surface area contributed by atoms with E-state index in [-0.39, 0.29) is 16.5 Å². The topological polar surface area (TPSA) is 107 Å². The molecule has 1 unspecified atom stereocenters. The lowest BCUT2D eigenvalue weighted by atomic mass is 9.99. The Morgan fingerprint density at radius 1 is 1.64 bits per heavy atom. The van der Waals surface area contributed by atoms with Crippen LogP contribution in [-0.2, 0) is 9.59 Å². The summed E-state index contributed by atoms with van der Waals surface area (Å²) in [6, 6.07) is 0. The van der Waals surface area contributed by atoms with Crippen molar-refractivity contribution >= 4 is 11.7 Å². The molecule has 6 nitrogen and oxygen atoms in total. The number of Topliss-reactive ketones (excluding diaryl/α,β-unsaturated/α-hetero) is 1. The van der Waals surface area contributed by atoms with Crippen molar-refractivity contribution in [2.75, 3.05) is 13.2 Å². The minimum absolute atomic E-state index is 0.174. The van der Waals surface area contributed by atoms with E-state index in [4.69, 9.17) is 5.71 Å². The van der Waals surface area contributed by atoms with E-state index in [0.29, 0.717) is 0 Å². The van der Waals surface area contributed by atoms with Crippen molar-refractivity contribution in [3.8, 4) is 0 Å². The highest BCUT2D eigenvalue weighted by Gasteiger charge is 2.46. The van der Waals surface area contributed by atoms with Crippen LogP contribution in [0.1, 0.15) is 6.92 Å². The van der Waals surface area contributed by atoms with Gasteiger partial charge in [0.05, 0.1) is 13.2 Å². The fourth-order valence-corrected chi connectivity index (χ4v) is 1.24. The maximum Gasteiger partial charge on any atom is 0.252 e. The molecule has 0 aromatic rings. The van der Waals surface area contributed by atoms with Gasteiger partial charge in [-0.3, -0.25) is 9.59 Å². The van der Waals surface area contributed by atoms with Crippen molar-refractivity contribution in [2.24, 2.45) is 0 Å². The minimum atomic E-state index is -2.24. The molecule has 0 fully saturated rings. The summed E-state index contributed by atoms with van der Waals surface area (Å²) < 4.78 is 27.8. The number of hydrogen-bond acceptors (Lipinski definition) is 5. The van der Waals surface area contributed by atoms with E-state index in [2.05, 4.69) is 15.3 Å². The first-order valence-corrected chi connectivity index (χ1v) is 3.84. The summed E-state index contributed by atoms with van der Waals surface area (Å²) in [7, 11) is 0. The van der Waals surface area contributed by atoms with Crippen molar-refractivity contribution in [1.29, 1.82) is 4.29 Å². The summed E-state index contributed by atoms with van der Waals surface area (Å²) in [5.41, 5.74) is -2.62. The molecular weight excluding hydrogens is 190 g/mol. The molecule has 1 aliphatic heterocycles. The lowest BCUT2D eigenvalue weighted by Gasteiger charge is -2.21. The van der Waals surface area contributed by atoms with Crippen LogP contribution in [0.2, 0.25) is 1.41 Å². The van der Waals surface area contributed by atoms with Crippen LogP contribution in [0.4, 0.5) is 0 Å². The molecule has 0 saturated heterocycles. The molecule has 1 atom stereocenters. The first kappa shape index (κ1) is 6.28. The van der Waals surface area contributed by atoms with Gasteiger partial charge < -0.3 is 20.6 Å². The number of carbonyl (C=O) groups is 2. The van der Waals surface area contributed by atoms with Gasteiger partial charge in [0.2, 0.25) is 10.0 Å². The Kier molecular flexibility index (Phi) is 1.56. The van der Waals surface area contributed by atoms with E-state index in [1.807, 2.05) is 0 Å². The van der Waals surface area contributed by atoms with Crippen LogP contribution in [0.3, 0.4) is 0 Å². The van der Waals surface area contributed by atoms with Gasteiger partial charge in [-0.05, 0) is 6.92 Å². The molecule has 78 valence electrons. The number of rotatable bonds is 6. The minimum Gasteiger partial charge on any atom is -0.392 e. The smallest absolute Gasteiger partial charge is 0.252 e. The third-order valence-corrected chi connectivity index (χ3v) is 2.06. The van der Waals surface area contributed by atoms with Crippen molar-refractivity contribution < 1.29 is 26.3 Å². The number of aliphatic hydroxyl groups excluding tert-OH is 2. The first-order chi connectivity index (χ1) is 8.47. The summed E-state index contributed by atoms with van der Waals surface area (Å²) in [5.74, 6) is -1.72. The summed E-state index contributed by atoms with van der Waals surface area (Å²) >= 11 is 0. The van der Waals surface area contributed by atoms with E-state index in [1.54, 1.807) is 0 Å². The number of amides is 1. The number of aliphatic hydroxyl groups is 3. The molecule has 1 heterocycles. The molecule has 4 N–H and O–H groups in total. The van der Waals surface area contributed by atoms with Crippen LogP contribution in [0, 0.1) is 0 Å². The second kappa shape index (κ2) is 3.49. The standard InChI is InChI=1S/C8H11NO5/c1-4(12)8(14)6(3-11)5(2-10)7(13)9-8/h10-11,14H,2-3H2,1H3,(H,9,13)/i10D,11D,14D/hD. The first-order valence-electron chi connectivity index (χ1n) is 5.52. The molecule has 0 saturated carbocycles. The lowest BCUT2D eigenvalue weighted by molar-refractivity contribution is -0.138. The number of carbonyl (C=O) groups excluding carboxylic acids is 2. The number of hydrogen-bond donors (Lipinski definition) is 4. The van der Waals surface area contributed by atoms with Gasteiger partial charge in [0.25, 0.3) is 5.91 Å².